The Kier molecular flexibility index (Phi) is 8.61. The van der Waals surface area contributed by atoms with Crippen molar-refractivity contribution in [2.75, 3.05) is 36.0 Å². The molecule has 240 valence electrons. The van der Waals surface area contributed by atoms with Crippen molar-refractivity contribution in [3.63, 3.8) is 0 Å². The second-order valence-electron chi connectivity index (χ2n) is 13.0. The number of hydrogen-bond donors (Lipinski definition) is 1. The number of benzene rings is 3. The van der Waals surface area contributed by atoms with Crippen molar-refractivity contribution < 1.29 is 24.2 Å². The van der Waals surface area contributed by atoms with Gasteiger partial charge in [-0.05, 0) is 67.1 Å². The lowest BCUT2D eigenvalue weighted by Gasteiger charge is -2.39. The molecule has 46 heavy (non-hydrogen) atoms. The molecule has 3 heterocycles. The van der Waals surface area contributed by atoms with Gasteiger partial charge in [0.15, 0.2) is 0 Å². The molecule has 3 saturated heterocycles. The SMILES string of the molecule is C=CCN(C(=O)C1N(CCCCO)C(=O)[C@@H]2[C@@H](C(=O)N(CC=C)c3ccccc3)[C@]3(C)OC12CC3C)c1ccc2ccccc2c1. The van der Waals surface area contributed by atoms with Crippen LogP contribution in [0.3, 0.4) is 0 Å². The average Bonchev–Trinajstić information content (AvgIpc) is 3.58. The van der Waals surface area contributed by atoms with Gasteiger partial charge >= 0.3 is 0 Å². The number of rotatable bonds is 12. The summed E-state index contributed by atoms with van der Waals surface area (Å²) in [7, 11) is 0. The highest BCUT2D eigenvalue weighted by Gasteiger charge is 2.80. The van der Waals surface area contributed by atoms with E-state index in [1.54, 1.807) is 26.9 Å². The minimum atomic E-state index is -1.19. The molecule has 0 radical (unpaired) electrons. The van der Waals surface area contributed by atoms with E-state index in [1.807, 2.05) is 79.7 Å². The van der Waals surface area contributed by atoms with Crippen LogP contribution in [0.4, 0.5) is 11.4 Å². The molecule has 8 heteroatoms. The Balaban J connectivity index is 1.45. The Bertz CT molecular complexity index is 1660. The predicted octanol–water partition coefficient (Wildman–Crippen LogP) is 5.36. The highest BCUT2D eigenvalue weighted by molar-refractivity contribution is 6.07. The van der Waals surface area contributed by atoms with Crippen LogP contribution in [0.2, 0.25) is 0 Å². The first-order valence-corrected chi connectivity index (χ1v) is 16.2. The van der Waals surface area contributed by atoms with Crippen LogP contribution in [0.15, 0.2) is 98.1 Å². The summed E-state index contributed by atoms with van der Waals surface area (Å²) in [6.45, 7) is 12.6. The van der Waals surface area contributed by atoms with Crippen LogP contribution in [0.1, 0.15) is 33.1 Å². The fourth-order valence-electron chi connectivity index (χ4n) is 8.20. The number of ether oxygens (including phenoxy) is 1. The van der Waals surface area contributed by atoms with Crippen molar-refractivity contribution in [1.82, 2.24) is 4.90 Å². The van der Waals surface area contributed by atoms with Gasteiger partial charge in [0, 0.05) is 37.6 Å². The molecule has 0 aliphatic carbocycles. The number of carbonyl (C=O) groups excluding carboxylic acids is 3. The quantitative estimate of drug-likeness (QED) is 0.217. The molecule has 8 nitrogen and oxygen atoms in total. The molecular weight excluding hydrogens is 578 g/mol. The molecule has 3 amide bonds. The highest BCUT2D eigenvalue weighted by atomic mass is 16.5. The van der Waals surface area contributed by atoms with Gasteiger partial charge in [0.1, 0.15) is 11.6 Å². The summed E-state index contributed by atoms with van der Waals surface area (Å²) in [4.78, 5) is 49.3. The van der Waals surface area contributed by atoms with Gasteiger partial charge in [-0.3, -0.25) is 14.4 Å². The minimum Gasteiger partial charge on any atom is -0.396 e. The van der Waals surface area contributed by atoms with Gasteiger partial charge in [-0.15, -0.1) is 13.2 Å². The van der Waals surface area contributed by atoms with Crippen LogP contribution in [-0.4, -0.2) is 71.2 Å². The van der Waals surface area contributed by atoms with E-state index in [1.165, 1.54) is 0 Å². The highest BCUT2D eigenvalue weighted by Crippen LogP contribution is 2.65. The lowest BCUT2D eigenvalue weighted by atomic mass is 9.62. The van der Waals surface area contributed by atoms with Crippen LogP contribution in [-0.2, 0) is 19.1 Å². The zero-order chi connectivity index (χ0) is 32.6. The first-order chi connectivity index (χ1) is 22.2. The first kappa shape index (κ1) is 31.7. The number of para-hydroxylation sites is 1. The Morgan fingerprint density at radius 1 is 0.935 bits per heavy atom. The Labute approximate surface area is 270 Å². The van der Waals surface area contributed by atoms with Crippen molar-refractivity contribution in [2.24, 2.45) is 17.8 Å². The summed E-state index contributed by atoms with van der Waals surface area (Å²) >= 11 is 0. The third-order valence-corrected chi connectivity index (χ3v) is 10.4. The van der Waals surface area contributed by atoms with Gasteiger partial charge in [-0.25, -0.2) is 0 Å². The van der Waals surface area contributed by atoms with Crippen LogP contribution in [0.25, 0.3) is 10.8 Å². The average molecular weight is 622 g/mol. The summed E-state index contributed by atoms with van der Waals surface area (Å²) in [6, 6.07) is 22.3. The molecule has 6 rings (SSSR count). The maximum atomic E-state index is 15.0. The number of hydrogen-bond acceptors (Lipinski definition) is 5. The number of carbonyl (C=O) groups is 3. The molecule has 3 fully saturated rings. The van der Waals surface area contributed by atoms with Crippen molar-refractivity contribution in [2.45, 2.75) is 50.4 Å². The summed E-state index contributed by atoms with van der Waals surface area (Å²) in [5.74, 6) is -2.42. The number of aliphatic hydroxyl groups excluding tert-OH is 1. The van der Waals surface area contributed by atoms with Crippen molar-refractivity contribution in [1.29, 1.82) is 0 Å². The van der Waals surface area contributed by atoms with E-state index in [4.69, 9.17) is 4.74 Å². The second-order valence-corrected chi connectivity index (χ2v) is 13.0. The maximum Gasteiger partial charge on any atom is 0.253 e. The van der Waals surface area contributed by atoms with E-state index >= 15 is 0 Å². The number of fused-ring (bicyclic) bond motifs is 2. The Morgan fingerprint density at radius 2 is 1.59 bits per heavy atom. The van der Waals surface area contributed by atoms with Crippen LogP contribution in [0.5, 0.6) is 0 Å². The van der Waals surface area contributed by atoms with E-state index in [0.29, 0.717) is 30.6 Å². The molecule has 3 unspecified atom stereocenters. The topological polar surface area (TPSA) is 90.4 Å². The Hall–Kier alpha value is -4.27. The van der Waals surface area contributed by atoms with Gasteiger partial charge in [0.05, 0.1) is 17.4 Å². The van der Waals surface area contributed by atoms with Crippen LogP contribution < -0.4 is 9.80 Å². The van der Waals surface area contributed by atoms with Gasteiger partial charge in [-0.1, -0.05) is 67.6 Å². The van der Waals surface area contributed by atoms with Crippen LogP contribution >= 0.6 is 0 Å². The number of amides is 3. The van der Waals surface area contributed by atoms with E-state index in [9.17, 15) is 19.5 Å². The molecule has 1 spiro atoms. The monoisotopic (exact) mass is 621 g/mol. The van der Waals surface area contributed by atoms with E-state index < -0.39 is 29.1 Å². The fraction of sp³-hybridized carbons (Fsp3) is 0.395. The second kappa shape index (κ2) is 12.5. The molecule has 6 atom stereocenters. The Morgan fingerprint density at radius 3 is 2.26 bits per heavy atom. The first-order valence-electron chi connectivity index (χ1n) is 16.2. The molecule has 2 bridgehead atoms. The molecular formula is C38H43N3O5. The molecule has 1 N–H and O–H groups in total. The number of aliphatic hydroxyl groups is 1. The lowest BCUT2D eigenvalue weighted by Crippen LogP contribution is -2.57. The lowest BCUT2D eigenvalue weighted by molar-refractivity contribution is -0.145. The fourth-order valence-corrected chi connectivity index (χ4v) is 8.20. The predicted molar refractivity (Wildman–Crippen MR) is 180 cm³/mol. The summed E-state index contributed by atoms with van der Waals surface area (Å²) < 4.78 is 7.00. The largest absolute Gasteiger partial charge is 0.396 e. The summed E-state index contributed by atoms with van der Waals surface area (Å²) in [6.07, 6.45) is 4.85. The van der Waals surface area contributed by atoms with E-state index in [2.05, 4.69) is 20.1 Å². The van der Waals surface area contributed by atoms with Gasteiger partial charge in [-0.2, -0.15) is 0 Å². The van der Waals surface area contributed by atoms with E-state index in [-0.39, 0.29) is 49.9 Å². The van der Waals surface area contributed by atoms with Gasteiger partial charge in [0.25, 0.3) is 5.91 Å². The number of nitrogens with zero attached hydrogens (tertiary/aromatic N) is 3. The number of unbranched alkanes of at least 4 members (excludes halogenated alkanes) is 1. The molecule has 3 aliphatic rings. The van der Waals surface area contributed by atoms with Gasteiger partial charge < -0.3 is 24.5 Å². The molecule has 0 aromatic heterocycles. The molecule has 3 aliphatic heterocycles. The summed E-state index contributed by atoms with van der Waals surface area (Å²) in [5, 5.41) is 11.6. The zero-order valence-electron chi connectivity index (χ0n) is 26.7. The number of likely N-dealkylation sites (tertiary alicyclic amines) is 1. The minimum absolute atomic E-state index is 0.0187. The normalized spacial score (nSPS) is 27.9. The smallest absolute Gasteiger partial charge is 0.253 e. The summed E-state index contributed by atoms with van der Waals surface area (Å²) in [5.41, 5.74) is -0.721. The standard InChI is InChI=1S/C38H43N3O5/c1-5-20-39(29-16-8-7-9-17-29)34(43)31-32-35(44)41(22-12-13-23-42)33(38(32)25-26(3)37(31,4)46-38)36(45)40(21-6-2)30-19-18-27-14-10-11-15-28(27)24-30/h5-11,14-19,24,26,31-33,42H,1-2,12-13,20-23,25H2,3-4H3/t26?,31-,32-,33?,37+,38?/m0/s1. The third-order valence-electron chi connectivity index (χ3n) is 10.4. The van der Waals surface area contributed by atoms with Crippen LogP contribution in [0, 0.1) is 17.8 Å². The molecule has 3 aromatic carbocycles. The maximum absolute atomic E-state index is 15.0. The third kappa shape index (κ3) is 4.95. The van der Waals surface area contributed by atoms with Crippen molar-refractivity contribution >= 4 is 39.9 Å². The van der Waals surface area contributed by atoms with Crippen molar-refractivity contribution in [3.8, 4) is 0 Å². The number of anilines is 2. The van der Waals surface area contributed by atoms with Gasteiger partial charge in [0.2, 0.25) is 11.8 Å². The zero-order valence-corrected chi connectivity index (χ0v) is 26.7. The van der Waals surface area contributed by atoms with Crippen molar-refractivity contribution in [3.05, 3.63) is 98.1 Å². The molecule has 0 saturated carbocycles. The molecule has 3 aromatic rings. The van der Waals surface area contributed by atoms with E-state index in [0.717, 1.165) is 10.8 Å².